The minimum atomic E-state index is -0.337. The van der Waals surface area contributed by atoms with Gasteiger partial charge in [0.15, 0.2) is 11.0 Å². The third-order valence-electron chi connectivity index (χ3n) is 4.80. The van der Waals surface area contributed by atoms with Gasteiger partial charge in [-0.15, -0.1) is 10.2 Å². The molecule has 9 heteroatoms. The number of ether oxygens (including phenoxy) is 1. The van der Waals surface area contributed by atoms with Crippen LogP contribution in [-0.2, 0) is 11.3 Å². The Kier molecular flexibility index (Phi) is 7.88. The molecule has 168 valence electrons. The maximum atomic E-state index is 12.5. The monoisotopic (exact) mass is 453 g/mol. The lowest BCUT2D eigenvalue weighted by Gasteiger charge is -2.15. The van der Waals surface area contributed by atoms with Crippen molar-refractivity contribution in [2.75, 3.05) is 18.2 Å². The molecule has 0 spiro atoms. The average Bonchev–Trinajstić information content (AvgIpc) is 3.21. The van der Waals surface area contributed by atoms with E-state index in [1.54, 1.807) is 31.4 Å². The molecule has 0 radical (unpaired) electrons. The smallest absolute Gasteiger partial charge is 0.251 e. The van der Waals surface area contributed by atoms with Crippen LogP contribution in [0.5, 0.6) is 5.75 Å². The predicted molar refractivity (Wildman–Crippen MR) is 125 cm³/mol. The Labute approximate surface area is 191 Å². The number of aromatic nitrogens is 3. The molecule has 1 atom stereocenters. The predicted octanol–water partition coefficient (Wildman–Crippen LogP) is 3.84. The second kappa shape index (κ2) is 10.8. The van der Waals surface area contributed by atoms with Gasteiger partial charge in [-0.05, 0) is 45.0 Å². The molecule has 0 fully saturated rings. The summed E-state index contributed by atoms with van der Waals surface area (Å²) >= 11 is 1.30. The number of nitrogens with zero attached hydrogens (tertiary/aromatic N) is 3. The largest absolute Gasteiger partial charge is 0.497 e. The summed E-state index contributed by atoms with van der Waals surface area (Å²) in [6, 6.07) is 14.2. The number of rotatable bonds is 9. The van der Waals surface area contributed by atoms with Crippen LogP contribution < -0.4 is 15.4 Å². The zero-order valence-electron chi connectivity index (χ0n) is 18.6. The first-order chi connectivity index (χ1) is 15.4. The van der Waals surface area contributed by atoms with Gasteiger partial charge in [0, 0.05) is 23.9 Å². The minimum Gasteiger partial charge on any atom is -0.497 e. The van der Waals surface area contributed by atoms with Gasteiger partial charge in [0.05, 0.1) is 18.9 Å². The molecule has 32 heavy (non-hydrogen) atoms. The first-order valence-electron chi connectivity index (χ1n) is 10.3. The molecule has 2 amide bonds. The van der Waals surface area contributed by atoms with Gasteiger partial charge in [0.25, 0.3) is 5.91 Å². The first-order valence-corrected chi connectivity index (χ1v) is 11.3. The Balaban J connectivity index is 1.61. The van der Waals surface area contributed by atoms with Gasteiger partial charge < -0.3 is 19.9 Å². The Bertz CT molecular complexity index is 1080. The Morgan fingerprint density at radius 1 is 1.16 bits per heavy atom. The molecule has 1 heterocycles. The molecule has 0 saturated heterocycles. The molecule has 1 aromatic heterocycles. The van der Waals surface area contributed by atoms with E-state index in [9.17, 15) is 9.59 Å². The topological polar surface area (TPSA) is 98.1 Å². The van der Waals surface area contributed by atoms with Crippen molar-refractivity contribution in [3.8, 4) is 5.75 Å². The van der Waals surface area contributed by atoms with Crippen LogP contribution in [0.3, 0.4) is 0 Å². The fraction of sp³-hybridized carbons (Fsp3) is 0.304. The molecule has 0 aliphatic heterocycles. The fourth-order valence-electron chi connectivity index (χ4n) is 3.10. The molecular weight excluding hydrogens is 426 g/mol. The first kappa shape index (κ1) is 23.3. The molecule has 0 saturated carbocycles. The van der Waals surface area contributed by atoms with Gasteiger partial charge in [-0.1, -0.05) is 35.5 Å². The summed E-state index contributed by atoms with van der Waals surface area (Å²) in [7, 11) is 1.58. The van der Waals surface area contributed by atoms with E-state index in [1.807, 2.05) is 49.6 Å². The number of hydrogen-bond acceptors (Lipinski definition) is 6. The zero-order valence-corrected chi connectivity index (χ0v) is 19.4. The second-order valence-electron chi connectivity index (χ2n) is 7.22. The van der Waals surface area contributed by atoms with Crippen molar-refractivity contribution >= 4 is 29.3 Å². The molecule has 2 N–H and O–H groups in total. The lowest BCUT2D eigenvalue weighted by Crippen LogP contribution is -2.28. The highest BCUT2D eigenvalue weighted by Gasteiger charge is 2.20. The second-order valence-corrected chi connectivity index (χ2v) is 8.16. The Morgan fingerprint density at radius 2 is 1.91 bits per heavy atom. The van der Waals surface area contributed by atoms with E-state index in [0.717, 1.165) is 5.56 Å². The third kappa shape index (κ3) is 5.88. The molecule has 8 nitrogen and oxygen atoms in total. The van der Waals surface area contributed by atoms with E-state index >= 15 is 0 Å². The van der Waals surface area contributed by atoms with E-state index in [-0.39, 0.29) is 23.6 Å². The number of amides is 2. The minimum absolute atomic E-state index is 0.156. The number of aryl methyl sites for hydroxylation is 1. The number of anilines is 1. The van der Waals surface area contributed by atoms with Crippen LogP contribution in [-0.4, -0.2) is 39.4 Å². The maximum Gasteiger partial charge on any atom is 0.251 e. The van der Waals surface area contributed by atoms with Crippen LogP contribution in [0, 0.1) is 6.92 Å². The van der Waals surface area contributed by atoms with Crippen LogP contribution in [0.25, 0.3) is 0 Å². The summed E-state index contributed by atoms with van der Waals surface area (Å²) in [5, 5.41) is 14.9. The van der Waals surface area contributed by atoms with Crippen molar-refractivity contribution < 1.29 is 14.3 Å². The number of methoxy groups -OCH3 is 1. The Morgan fingerprint density at radius 3 is 2.59 bits per heavy atom. The summed E-state index contributed by atoms with van der Waals surface area (Å²) in [6.45, 7) is 6.44. The van der Waals surface area contributed by atoms with Crippen LogP contribution in [0.1, 0.15) is 41.6 Å². The number of carbonyl (C=O) groups excluding carboxylic acids is 2. The quantitative estimate of drug-likeness (QED) is 0.478. The Hall–Kier alpha value is -3.33. The van der Waals surface area contributed by atoms with E-state index in [0.29, 0.717) is 34.5 Å². The van der Waals surface area contributed by atoms with Crippen LogP contribution in [0.4, 0.5) is 5.69 Å². The summed E-state index contributed by atoms with van der Waals surface area (Å²) in [5.74, 6) is 1.17. The molecular formula is C23H27N5O3S. The highest BCUT2D eigenvalue weighted by Crippen LogP contribution is 2.22. The molecule has 2 aromatic carbocycles. The summed E-state index contributed by atoms with van der Waals surface area (Å²) in [4.78, 5) is 24.9. The van der Waals surface area contributed by atoms with E-state index in [2.05, 4.69) is 20.8 Å². The molecule has 0 unspecified atom stereocenters. The number of thioether (sulfide) groups is 1. The lowest BCUT2D eigenvalue weighted by molar-refractivity contribution is -0.113. The van der Waals surface area contributed by atoms with Gasteiger partial charge in [0.1, 0.15) is 5.75 Å². The van der Waals surface area contributed by atoms with Crippen molar-refractivity contribution in [3.05, 3.63) is 65.5 Å². The fourth-order valence-corrected chi connectivity index (χ4v) is 3.91. The van der Waals surface area contributed by atoms with Crippen LogP contribution in [0.15, 0.2) is 53.7 Å². The van der Waals surface area contributed by atoms with Crippen molar-refractivity contribution in [2.45, 2.75) is 38.5 Å². The molecule has 3 aromatic rings. The normalized spacial score (nSPS) is 11.6. The van der Waals surface area contributed by atoms with E-state index in [1.165, 1.54) is 11.8 Å². The molecule has 0 aliphatic carbocycles. The van der Waals surface area contributed by atoms with Crippen LogP contribution in [0.2, 0.25) is 0 Å². The maximum absolute atomic E-state index is 12.5. The van der Waals surface area contributed by atoms with Crippen molar-refractivity contribution in [3.63, 3.8) is 0 Å². The lowest BCUT2D eigenvalue weighted by atomic mass is 10.1. The molecule has 0 aliphatic rings. The van der Waals surface area contributed by atoms with Crippen molar-refractivity contribution in [1.29, 1.82) is 0 Å². The average molecular weight is 454 g/mol. The van der Waals surface area contributed by atoms with Gasteiger partial charge in [0.2, 0.25) is 5.91 Å². The van der Waals surface area contributed by atoms with Gasteiger partial charge in [-0.2, -0.15) is 0 Å². The third-order valence-corrected chi connectivity index (χ3v) is 5.76. The summed E-state index contributed by atoms with van der Waals surface area (Å²) in [6.07, 6.45) is 0. The van der Waals surface area contributed by atoms with Gasteiger partial charge in [-0.3, -0.25) is 9.59 Å². The summed E-state index contributed by atoms with van der Waals surface area (Å²) < 4.78 is 7.08. The zero-order chi connectivity index (χ0) is 23.1. The van der Waals surface area contributed by atoms with Crippen molar-refractivity contribution in [1.82, 2.24) is 20.1 Å². The highest BCUT2D eigenvalue weighted by atomic mass is 32.2. The van der Waals surface area contributed by atoms with E-state index < -0.39 is 0 Å². The SMILES string of the molecule is CCn1c(SCC(=O)Nc2cccc(OC)c2)nnc1[C@H](C)NC(=O)c1ccc(C)cc1. The summed E-state index contributed by atoms with van der Waals surface area (Å²) in [5.41, 5.74) is 2.35. The molecule has 3 rings (SSSR count). The number of nitrogens with one attached hydrogen (secondary N) is 2. The van der Waals surface area contributed by atoms with Gasteiger partial charge in [-0.25, -0.2) is 0 Å². The van der Waals surface area contributed by atoms with Crippen LogP contribution >= 0.6 is 11.8 Å². The van der Waals surface area contributed by atoms with Crippen molar-refractivity contribution in [2.24, 2.45) is 0 Å². The number of benzene rings is 2. The standard InChI is InChI=1S/C23H27N5O3S/c1-5-28-21(16(3)24-22(30)17-11-9-15(2)10-12-17)26-27-23(28)32-14-20(29)25-18-7-6-8-19(13-18)31-4/h6-13,16H,5,14H2,1-4H3,(H,24,30)(H,25,29)/t16-/m0/s1. The molecule has 0 bridgehead atoms. The number of carbonyl (C=O) groups is 2. The highest BCUT2D eigenvalue weighted by molar-refractivity contribution is 7.99. The van der Waals surface area contributed by atoms with Gasteiger partial charge >= 0.3 is 0 Å². The number of hydrogen-bond donors (Lipinski definition) is 2. The van der Waals surface area contributed by atoms with E-state index in [4.69, 9.17) is 4.74 Å².